The Morgan fingerprint density at radius 2 is 1.78 bits per heavy atom. The van der Waals surface area contributed by atoms with E-state index in [0.717, 1.165) is 66.8 Å². The van der Waals surface area contributed by atoms with Gasteiger partial charge in [0, 0.05) is 80.9 Å². The van der Waals surface area contributed by atoms with Gasteiger partial charge in [-0.2, -0.15) is 5.10 Å². The maximum atomic E-state index is 14.2. The van der Waals surface area contributed by atoms with Crippen molar-refractivity contribution in [3.8, 4) is 22.6 Å². The summed E-state index contributed by atoms with van der Waals surface area (Å²) in [5.41, 5.74) is 2.85. The molecule has 2 N–H and O–H groups in total. The zero-order valence-corrected chi connectivity index (χ0v) is 28.8. The van der Waals surface area contributed by atoms with Gasteiger partial charge in [0.05, 0.1) is 18.7 Å². The molecular weight excluding hydrogens is 624 g/mol. The van der Waals surface area contributed by atoms with Crippen LogP contribution in [0.5, 0.6) is 11.5 Å². The molecule has 2 saturated heterocycles. The normalized spacial score (nSPS) is 18.3. The van der Waals surface area contributed by atoms with Crippen LogP contribution in [0.1, 0.15) is 58.4 Å². The van der Waals surface area contributed by atoms with Crippen LogP contribution in [-0.4, -0.2) is 105 Å². The van der Waals surface area contributed by atoms with Crippen molar-refractivity contribution in [3.05, 3.63) is 60.4 Å². The van der Waals surface area contributed by atoms with E-state index in [1.165, 1.54) is 4.90 Å². The first-order chi connectivity index (χ1) is 23.6. The molecule has 3 amide bonds. The number of benzene rings is 2. The van der Waals surface area contributed by atoms with Gasteiger partial charge in [-0.25, -0.2) is 4.79 Å². The fourth-order valence-corrected chi connectivity index (χ4v) is 6.79. The fraction of sp³-hybridized carbons (Fsp3) is 0.514. The third-order valence-corrected chi connectivity index (χ3v) is 9.65. The van der Waals surface area contributed by atoms with Gasteiger partial charge in [-0.1, -0.05) is 25.1 Å². The van der Waals surface area contributed by atoms with E-state index in [2.05, 4.69) is 45.1 Å². The highest BCUT2D eigenvalue weighted by Gasteiger charge is 2.39. The van der Waals surface area contributed by atoms with Crippen molar-refractivity contribution in [1.82, 2.24) is 24.9 Å². The van der Waals surface area contributed by atoms with Crippen molar-refractivity contribution >= 4 is 23.6 Å². The Balaban J connectivity index is 1.12. The summed E-state index contributed by atoms with van der Waals surface area (Å²) in [7, 11) is 0. The second-order valence-corrected chi connectivity index (χ2v) is 13.8. The van der Waals surface area contributed by atoms with Gasteiger partial charge in [-0.3, -0.25) is 14.7 Å². The zero-order chi connectivity index (χ0) is 34.5. The van der Waals surface area contributed by atoms with Gasteiger partial charge in [0.25, 0.3) is 5.91 Å². The molecule has 1 aromatic heterocycles. The SMILES string of the molecule is CCCOc1cc(-c2cn[nH]c2)ccc1CN(C(=O)C1CCCN(c2cccc(OC(C)(C)C(=O)N3CCN(C(=O)O)CC3)c2)C1)C1CC1. The first-order valence-corrected chi connectivity index (χ1v) is 17.5. The van der Waals surface area contributed by atoms with E-state index >= 15 is 0 Å². The Labute approximate surface area is 287 Å². The van der Waals surface area contributed by atoms with Gasteiger partial charge in [0.15, 0.2) is 5.60 Å². The van der Waals surface area contributed by atoms with Crippen LogP contribution >= 0.6 is 0 Å². The molecule has 3 fully saturated rings. The number of anilines is 1. The van der Waals surface area contributed by atoms with Crippen LogP contribution < -0.4 is 14.4 Å². The largest absolute Gasteiger partial charge is 0.493 e. The molecule has 0 bridgehead atoms. The molecule has 3 heterocycles. The third kappa shape index (κ3) is 8.12. The minimum atomic E-state index is -1.13. The van der Waals surface area contributed by atoms with E-state index in [-0.39, 0.29) is 36.9 Å². The van der Waals surface area contributed by atoms with Gasteiger partial charge in [0.2, 0.25) is 5.91 Å². The topological polar surface area (TPSA) is 132 Å². The highest BCUT2D eigenvalue weighted by atomic mass is 16.5. The highest BCUT2D eigenvalue weighted by Crippen LogP contribution is 2.36. The van der Waals surface area contributed by atoms with Gasteiger partial charge < -0.3 is 34.2 Å². The fourth-order valence-electron chi connectivity index (χ4n) is 6.79. The number of aromatic nitrogens is 2. The van der Waals surface area contributed by atoms with Crippen molar-refractivity contribution in [1.29, 1.82) is 0 Å². The molecule has 2 aliphatic heterocycles. The Hall–Kier alpha value is -4.74. The average molecular weight is 673 g/mol. The number of piperazine rings is 1. The maximum Gasteiger partial charge on any atom is 0.407 e. The van der Waals surface area contributed by atoms with Crippen LogP contribution in [0.2, 0.25) is 0 Å². The molecule has 3 aromatic rings. The summed E-state index contributed by atoms with van der Waals surface area (Å²) in [5, 5.41) is 16.2. The van der Waals surface area contributed by atoms with Crippen LogP contribution in [0.4, 0.5) is 10.5 Å². The lowest BCUT2D eigenvalue weighted by molar-refractivity contribution is -0.147. The van der Waals surface area contributed by atoms with E-state index in [9.17, 15) is 19.5 Å². The molecule has 0 radical (unpaired) electrons. The highest BCUT2D eigenvalue weighted by molar-refractivity contribution is 5.85. The Morgan fingerprint density at radius 3 is 2.47 bits per heavy atom. The number of nitrogens with zero attached hydrogens (tertiary/aromatic N) is 5. The first-order valence-electron chi connectivity index (χ1n) is 17.5. The van der Waals surface area contributed by atoms with Crippen molar-refractivity contribution in [2.45, 2.75) is 71.1 Å². The van der Waals surface area contributed by atoms with Crippen LogP contribution in [-0.2, 0) is 16.1 Å². The van der Waals surface area contributed by atoms with E-state index in [1.54, 1.807) is 24.9 Å². The summed E-state index contributed by atoms with van der Waals surface area (Å²) < 4.78 is 12.5. The second-order valence-electron chi connectivity index (χ2n) is 13.8. The molecule has 1 unspecified atom stereocenters. The van der Waals surface area contributed by atoms with Crippen LogP contribution in [0, 0.1) is 5.92 Å². The number of carbonyl (C=O) groups is 3. The third-order valence-electron chi connectivity index (χ3n) is 9.65. The lowest BCUT2D eigenvalue weighted by atomic mass is 9.95. The molecule has 3 aliphatic rings. The van der Waals surface area contributed by atoms with E-state index in [0.29, 0.717) is 38.5 Å². The number of nitrogens with one attached hydrogen (secondary N) is 1. The number of ether oxygens (including phenoxy) is 2. The zero-order valence-electron chi connectivity index (χ0n) is 28.8. The Bertz CT molecular complexity index is 1610. The monoisotopic (exact) mass is 672 g/mol. The minimum Gasteiger partial charge on any atom is -0.493 e. The van der Waals surface area contributed by atoms with Crippen LogP contribution in [0.3, 0.4) is 0 Å². The van der Waals surface area contributed by atoms with Gasteiger partial charge in [-0.05, 0) is 69.7 Å². The van der Waals surface area contributed by atoms with Crippen molar-refractivity contribution in [2.75, 3.05) is 50.8 Å². The molecule has 6 rings (SSSR count). The number of rotatable bonds is 12. The number of aromatic amines is 1. The van der Waals surface area contributed by atoms with Crippen LogP contribution in [0.25, 0.3) is 11.1 Å². The molecule has 2 aromatic carbocycles. The Kier molecular flexibility index (Phi) is 10.3. The summed E-state index contributed by atoms with van der Waals surface area (Å²) in [6, 6.07) is 14.2. The predicted molar refractivity (Wildman–Crippen MR) is 186 cm³/mol. The first kappa shape index (κ1) is 34.1. The molecule has 12 heteroatoms. The molecule has 49 heavy (non-hydrogen) atoms. The van der Waals surface area contributed by atoms with E-state index in [4.69, 9.17) is 9.47 Å². The molecular formula is C37H48N6O6. The molecule has 0 spiro atoms. The van der Waals surface area contributed by atoms with Gasteiger partial charge in [-0.15, -0.1) is 0 Å². The average Bonchev–Trinajstić information content (AvgIpc) is 3.81. The number of hydrogen-bond acceptors (Lipinski definition) is 7. The van der Waals surface area contributed by atoms with E-state index < -0.39 is 11.7 Å². The number of amides is 3. The Morgan fingerprint density at radius 1 is 1.00 bits per heavy atom. The molecule has 1 atom stereocenters. The number of hydrogen-bond donors (Lipinski definition) is 2. The standard InChI is InChI=1S/C37H48N6O6/c1-4-19-48-33-20-26(29-22-38-39-23-29)10-11-27(33)25-43(30-12-13-30)34(44)28-7-6-14-42(24-28)31-8-5-9-32(21-31)49-37(2,3)35(45)40-15-17-41(18-16-40)36(46)47/h5,8-11,20-23,28,30H,4,6-7,12-19,24-25H2,1-3H3,(H,38,39)(H,46,47). The minimum absolute atomic E-state index is 0.133. The summed E-state index contributed by atoms with van der Waals surface area (Å²) in [6.45, 7) is 9.39. The van der Waals surface area contributed by atoms with Gasteiger partial charge in [0.1, 0.15) is 11.5 Å². The molecule has 1 aliphatic carbocycles. The summed E-state index contributed by atoms with van der Waals surface area (Å²) in [6.07, 6.45) is 7.36. The molecule has 12 nitrogen and oxygen atoms in total. The number of carboxylic acid groups (broad SMARTS) is 1. The van der Waals surface area contributed by atoms with Gasteiger partial charge >= 0.3 is 6.09 Å². The number of carbonyl (C=O) groups excluding carboxylic acids is 2. The lowest BCUT2D eigenvalue weighted by Crippen LogP contribution is -2.56. The summed E-state index contributed by atoms with van der Waals surface area (Å²) in [4.78, 5) is 46.2. The van der Waals surface area contributed by atoms with Crippen LogP contribution in [0.15, 0.2) is 54.9 Å². The second kappa shape index (κ2) is 14.8. The smallest absolute Gasteiger partial charge is 0.407 e. The predicted octanol–water partition coefficient (Wildman–Crippen LogP) is 5.25. The summed E-state index contributed by atoms with van der Waals surface area (Å²) in [5.74, 6) is 1.27. The quantitative estimate of drug-likeness (QED) is 0.267. The van der Waals surface area contributed by atoms with Crippen molar-refractivity contribution < 1.29 is 29.0 Å². The van der Waals surface area contributed by atoms with Crippen molar-refractivity contribution in [3.63, 3.8) is 0 Å². The van der Waals surface area contributed by atoms with Crippen molar-refractivity contribution in [2.24, 2.45) is 5.92 Å². The van der Waals surface area contributed by atoms with E-state index in [1.807, 2.05) is 30.5 Å². The number of H-pyrrole nitrogens is 1. The maximum absolute atomic E-state index is 14.2. The lowest BCUT2D eigenvalue weighted by Gasteiger charge is -2.38. The number of piperidine rings is 1. The summed E-state index contributed by atoms with van der Waals surface area (Å²) >= 11 is 0. The molecule has 262 valence electrons. The molecule has 1 saturated carbocycles.